The van der Waals surface area contributed by atoms with E-state index in [-0.39, 0.29) is 17.9 Å². The molecular weight excluding hydrogens is 364 g/mol. The van der Waals surface area contributed by atoms with Gasteiger partial charge in [0, 0.05) is 6.04 Å². The van der Waals surface area contributed by atoms with Crippen LogP contribution in [0.2, 0.25) is 0 Å². The van der Waals surface area contributed by atoms with Gasteiger partial charge in [-0.1, -0.05) is 49.1 Å². The molecule has 0 heterocycles. The van der Waals surface area contributed by atoms with Gasteiger partial charge in [0.05, 0.1) is 11.3 Å². The average Bonchev–Trinajstić information content (AvgIpc) is 2.71. The molecule has 154 valence electrons. The summed E-state index contributed by atoms with van der Waals surface area (Å²) in [6, 6.07) is 13.2. The lowest BCUT2D eigenvalue weighted by Crippen LogP contribution is -2.37. The molecule has 3 rings (SSSR count). The van der Waals surface area contributed by atoms with Crippen molar-refractivity contribution in [1.82, 2.24) is 5.32 Å². The molecule has 1 saturated carbocycles. The molecule has 0 saturated heterocycles. The average molecular weight is 395 g/mol. The summed E-state index contributed by atoms with van der Waals surface area (Å²) < 4.78 is 5.84. The molecule has 29 heavy (non-hydrogen) atoms. The Balaban J connectivity index is 1.66. The third-order valence-electron chi connectivity index (χ3n) is 5.37. The van der Waals surface area contributed by atoms with Crippen molar-refractivity contribution in [2.45, 2.75) is 65.0 Å². The molecule has 0 aliphatic heterocycles. The molecule has 5 nitrogen and oxygen atoms in total. The maximum absolute atomic E-state index is 12.8. The quantitative estimate of drug-likeness (QED) is 0.741. The molecule has 0 radical (unpaired) electrons. The molecule has 0 bridgehead atoms. The third-order valence-corrected chi connectivity index (χ3v) is 5.37. The van der Waals surface area contributed by atoms with E-state index < -0.39 is 6.10 Å². The largest absolute Gasteiger partial charge is 0.481 e. The van der Waals surface area contributed by atoms with Gasteiger partial charge >= 0.3 is 0 Å². The van der Waals surface area contributed by atoms with Crippen LogP contribution in [0.15, 0.2) is 42.5 Å². The van der Waals surface area contributed by atoms with E-state index in [0.717, 1.165) is 36.8 Å². The van der Waals surface area contributed by atoms with Crippen LogP contribution in [-0.4, -0.2) is 24.0 Å². The molecule has 1 aliphatic rings. The fourth-order valence-corrected chi connectivity index (χ4v) is 3.71. The molecule has 2 amide bonds. The number of ether oxygens (including phenoxy) is 1. The van der Waals surface area contributed by atoms with Gasteiger partial charge in [-0.15, -0.1) is 0 Å². The van der Waals surface area contributed by atoms with Gasteiger partial charge in [0.15, 0.2) is 6.10 Å². The summed E-state index contributed by atoms with van der Waals surface area (Å²) in [5, 5.41) is 5.96. The highest BCUT2D eigenvalue weighted by atomic mass is 16.5. The first-order valence-corrected chi connectivity index (χ1v) is 10.4. The molecule has 1 aliphatic carbocycles. The second kappa shape index (κ2) is 9.59. The molecule has 0 aromatic heterocycles. The Kier molecular flexibility index (Phi) is 6.91. The Morgan fingerprint density at radius 2 is 1.76 bits per heavy atom. The number of carbonyl (C=O) groups excluding carboxylic acids is 2. The topological polar surface area (TPSA) is 67.4 Å². The van der Waals surface area contributed by atoms with E-state index in [1.165, 1.54) is 6.42 Å². The number of anilines is 1. The minimum absolute atomic E-state index is 0.143. The van der Waals surface area contributed by atoms with Crippen molar-refractivity contribution < 1.29 is 14.3 Å². The smallest absolute Gasteiger partial charge is 0.265 e. The van der Waals surface area contributed by atoms with Crippen molar-refractivity contribution in [3.63, 3.8) is 0 Å². The number of aryl methyl sites for hydroxylation is 2. The number of carbonyl (C=O) groups is 2. The molecule has 2 aromatic carbocycles. The lowest BCUT2D eigenvalue weighted by Gasteiger charge is -2.23. The highest BCUT2D eigenvalue weighted by Crippen LogP contribution is 2.22. The van der Waals surface area contributed by atoms with Gasteiger partial charge in [0.1, 0.15) is 5.75 Å². The SMILES string of the molecule is Cc1ccc(O[C@H](C)C(=O)Nc2ccccc2C(=O)NC2CCCCC2)c(C)c1. The first-order valence-electron chi connectivity index (χ1n) is 10.4. The summed E-state index contributed by atoms with van der Waals surface area (Å²) in [4.78, 5) is 25.5. The van der Waals surface area contributed by atoms with Crippen LogP contribution in [0.3, 0.4) is 0 Å². The zero-order valence-corrected chi connectivity index (χ0v) is 17.5. The van der Waals surface area contributed by atoms with Gasteiger partial charge < -0.3 is 15.4 Å². The lowest BCUT2D eigenvalue weighted by atomic mass is 9.95. The highest BCUT2D eigenvalue weighted by Gasteiger charge is 2.21. The number of rotatable bonds is 6. The Hall–Kier alpha value is -2.82. The maximum Gasteiger partial charge on any atom is 0.265 e. The zero-order chi connectivity index (χ0) is 20.8. The first kappa shape index (κ1) is 20.9. The predicted octanol–water partition coefficient (Wildman–Crippen LogP) is 4.77. The van der Waals surface area contributed by atoms with E-state index >= 15 is 0 Å². The fourth-order valence-electron chi connectivity index (χ4n) is 3.71. The van der Waals surface area contributed by atoms with Gasteiger partial charge in [0.2, 0.25) is 0 Å². The minimum Gasteiger partial charge on any atom is -0.481 e. The fraction of sp³-hybridized carbons (Fsp3) is 0.417. The van der Waals surface area contributed by atoms with Gasteiger partial charge in [0.25, 0.3) is 11.8 Å². The predicted molar refractivity (Wildman–Crippen MR) is 115 cm³/mol. The van der Waals surface area contributed by atoms with Crippen molar-refractivity contribution in [3.05, 3.63) is 59.2 Å². The van der Waals surface area contributed by atoms with Gasteiger partial charge in [-0.05, 0) is 57.4 Å². The first-order chi connectivity index (χ1) is 13.9. The summed E-state index contributed by atoms with van der Waals surface area (Å²) in [5.41, 5.74) is 3.11. The summed E-state index contributed by atoms with van der Waals surface area (Å²) in [6.07, 6.45) is 4.87. The van der Waals surface area contributed by atoms with Crippen LogP contribution in [0, 0.1) is 13.8 Å². The van der Waals surface area contributed by atoms with E-state index in [1.54, 1.807) is 25.1 Å². The molecule has 1 atom stereocenters. The van der Waals surface area contributed by atoms with Crippen LogP contribution in [0.4, 0.5) is 5.69 Å². The normalized spacial score (nSPS) is 15.4. The van der Waals surface area contributed by atoms with Crippen LogP contribution in [-0.2, 0) is 4.79 Å². The van der Waals surface area contributed by atoms with Crippen LogP contribution >= 0.6 is 0 Å². The second-order valence-electron chi connectivity index (χ2n) is 7.87. The van der Waals surface area contributed by atoms with Crippen LogP contribution in [0.5, 0.6) is 5.75 Å². The molecule has 0 spiro atoms. The number of hydrogen-bond donors (Lipinski definition) is 2. The number of benzene rings is 2. The van der Waals surface area contributed by atoms with Gasteiger partial charge in [-0.2, -0.15) is 0 Å². The van der Waals surface area contributed by atoms with E-state index in [4.69, 9.17) is 4.74 Å². The molecule has 2 N–H and O–H groups in total. The summed E-state index contributed by atoms with van der Waals surface area (Å²) in [5.74, 6) is 0.250. The molecule has 1 fully saturated rings. The van der Waals surface area contributed by atoms with E-state index in [2.05, 4.69) is 10.6 Å². The standard InChI is InChI=1S/C24H30N2O3/c1-16-13-14-22(17(2)15-16)29-18(3)23(27)26-21-12-8-7-11-20(21)24(28)25-19-9-5-4-6-10-19/h7-8,11-15,18-19H,4-6,9-10H2,1-3H3,(H,25,28)(H,26,27)/t18-/m1/s1. The van der Waals surface area contributed by atoms with E-state index in [0.29, 0.717) is 17.0 Å². The summed E-state index contributed by atoms with van der Waals surface area (Å²) in [7, 11) is 0. The van der Waals surface area contributed by atoms with Crippen LogP contribution in [0.1, 0.15) is 60.5 Å². The number of para-hydroxylation sites is 1. The number of amides is 2. The zero-order valence-electron chi connectivity index (χ0n) is 17.5. The monoisotopic (exact) mass is 394 g/mol. The van der Waals surface area contributed by atoms with E-state index in [1.807, 2.05) is 38.1 Å². The van der Waals surface area contributed by atoms with Crippen LogP contribution in [0.25, 0.3) is 0 Å². The van der Waals surface area contributed by atoms with Crippen molar-refractivity contribution in [2.24, 2.45) is 0 Å². The number of nitrogens with one attached hydrogen (secondary N) is 2. The second-order valence-corrected chi connectivity index (χ2v) is 7.87. The van der Waals surface area contributed by atoms with Crippen molar-refractivity contribution in [2.75, 3.05) is 5.32 Å². The summed E-state index contributed by atoms with van der Waals surface area (Å²) in [6.45, 7) is 5.68. The Bertz CT molecular complexity index is 872. The minimum atomic E-state index is -0.689. The van der Waals surface area contributed by atoms with Gasteiger partial charge in [-0.25, -0.2) is 0 Å². The van der Waals surface area contributed by atoms with E-state index in [9.17, 15) is 9.59 Å². The molecule has 2 aromatic rings. The highest BCUT2D eigenvalue weighted by molar-refractivity contribution is 6.04. The van der Waals surface area contributed by atoms with Crippen molar-refractivity contribution in [3.8, 4) is 5.75 Å². The van der Waals surface area contributed by atoms with Crippen LogP contribution < -0.4 is 15.4 Å². The molecular formula is C24H30N2O3. The molecule has 5 heteroatoms. The van der Waals surface area contributed by atoms with Gasteiger partial charge in [-0.3, -0.25) is 9.59 Å². The Labute approximate surface area is 172 Å². The third kappa shape index (κ3) is 5.59. The number of hydrogen-bond acceptors (Lipinski definition) is 3. The maximum atomic E-state index is 12.8. The van der Waals surface area contributed by atoms with Crippen molar-refractivity contribution in [1.29, 1.82) is 0 Å². The molecule has 0 unspecified atom stereocenters. The Morgan fingerprint density at radius 3 is 2.48 bits per heavy atom. The van der Waals surface area contributed by atoms with Crippen molar-refractivity contribution >= 4 is 17.5 Å². The summed E-state index contributed by atoms with van der Waals surface area (Å²) >= 11 is 0. The lowest BCUT2D eigenvalue weighted by molar-refractivity contribution is -0.122. The Morgan fingerprint density at radius 1 is 1.03 bits per heavy atom.